The zero-order valence-electron chi connectivity index (χ0n) is 17.7. The van der Waals surface area contributed by atoms with Gasteiger partial charge in [-0.3, -0.25) is 9.48 Å². The number of amides is 1. The Morgan fingerprint density at radius 1 is 1.06 bits per heavy atom. The number of nitrogens with zero attached hydrogens (tertiary/aromatic N) is 5. The summed E-state index contributed by atoms with van der Waals surface area (Å²) in [5, 5.41) is 18.2. The van der Waals surface area contributed by atoms with Gasteiger partial charge in [0.15, 0.2) is 0 Å². The van der Waals surface area contributed by atoms with E-state index in [2.05, 4.69) is 48.5 Å². The minimum atomic E-state index is -0.561. The highest BCUT2D eigenvalue weighted by molar-refractivity contribution is 6.17. The summed E-state index contributed by atoms with van der Waals surface area (Å²) in [4.78, 5) is 11.3. The number of carbonyl (C=O) groups excluding carboxylic acids is 1. The summed E-state index contributed by atoms with van der Waals surface area (Å²) in [5.41, 5.74) is 10.6. The molecule has 0 saturated carbocycles. The number of pyridine rings is 1. The van der Waals surface area contributed by atoms with Gasteiger partial charge in [0, 0.05) is 40.7 Å². The van der Waals surface area contributed by atoms with Gasteiger partial charge in [0.05, 0.1) is 29.0 Å². The van der Waals surface area contributed by atoms with E-state index in [1.807, 2.05) is 23.1 Å². The van der Waals surface area contributed by atoms with Crippen molar-refractivity contribution in [1.29, 1.82) is 5.26 Å². The summed E-state index contributed by atoms with van der Waals surface area (Å²) in [6.07, 6.45) is 7.18. The van der Waals surface area contributed by atoms with Crippen LogP contribution in [0.5, 0.6) is 0 Å². The first-order chi connectivity index (χ1) is 15.4. The van der Waals surface area contributed by atoms with Crippen LogP contribution >= 0.6 is 0 Å². The Morgan fingerprint density at radius 2 is 1.81 bits per heavy atom. The lowest BCUT2D eigenvalue weighted by Crippen LogP contribution is -2.11. The fraction of sp³-hybridized carbons (Fsp3) is 0.120. The zero-order chi connectivity index (χ0) is 22.8. The van der Waals surface area contributed by atoms with Crippen molar-refractivity contribution in [2.24, 2.45) is 5.73 Å². The number of nitrogens with two attached hydrogens (primary N) is 1. The van der Waals surface area contributed by atoms with E-state index in [0.29, 0.717) is 22.2 Å². The lowest BCUT2D eigenvalue weighted by atomic mass is 10.0. The lowest BCUT2D eigenvalue weighted by molar-refractivity contribution is -0.112. The standard InChI is InChI=1S/C25H20N6O/c1-16(2)30-15-23(13-28-30)21-10-20(24-22(11-26)12-29-31(24)14-21)9-6-18-4-7-19(8-5-18)17(3)25(27)32/h4-5,7-8,10,12-16H,3H2,1-2H3,(H2,27,32). The molecule has 7 heteroatoms. The monoisotopic (exact) mass is 420 g/mol. The molecule has 0 saturated heterocycles. The number of benzene rings is 1. The second kappa shape index (κ2) is 8.25. The van der Waals surface area contributed by atoms with Crippen molar-refractivity contribution in [1.82, 2.24) is 19.4 Å². The van der Waals surface area contributed by atoms with Crippen LogP contribution in [0.15, 0.2) is 61.7 Å². The molecule has 0 atom stereocenters. The third-order valence-electron chi connectivity index (χ3n) is 5.07. The van der Waals surface area contributed by atoms with Crippen molar-refractivity contribution < 1.29 is 4.79 Å². The Morgan fingerprint density at radius 3 is 2.44 bits per heavy atom. The van der Waals surface area contributed by atoms with Gasteiger partial charge in [-0.15, -0.1) is 0 Å². The zero-order valence-corrected chi connectivity index (χ0v) is 17.7. The van der Waals surface area contributed by atoms with Gasteiger partial charge in [0.1, 0.15) is 6.07 Å². The molecule has 0 radical (unpaired) electrons. The Kier molecular flexibility index (Phi) is 5.32. The van der Waals surface area contributed by atoms with Crippen LogP contribution in [0.2, 0.25) is 0 Å². The van der Waals surface area contributed by atoms with Gasteiger partial charge < -0.3 is 5.73 Å². The van der Waals surface area contributed by atoms with Crippen LogP contribution in [-0.4, -0.2) is 25.3 Å². The number of hydrogen-bond acceptors (Lipinski definition) is 4. The van der Waals surface area contributed by atoms with E-state index in [4.69, 9.17) is 5.73 Å². The van der Waals surface area contributed by atoms with E-state index < -0.39 is 5.91 Å². The molecule has 0 bridgehead atoms. The predicted molar refractivity (Wildman–Crippen MR) is 122 cm³/mol. The quantitative estimate of drug-likeness (QED) is 0.403. The van der Waals surface area contributed by atoms with Crippen molar-refractivity contribution in [2.45, 2.75) is 19.9 Å². The van der Waals surface area contributed by atoms with E-state index in [0.717, 1.165) is 16.7 Å². The largest absolute Gasteiger partial charge is 0.366 e. The van der Waals surface area contributed by atoms with E-state index in [1.54, 1.807) is 35.0 Å². The van der Waals surface area contributed by atoms with E-state index in [-0.39, 0.29) is 11.6 Å². The fourth-order valence-corrected chi connectivity index (χ4v) is 3.26. The number of nitriles is 1. The highest BCUT2D eigenvalue weighted by Gasteiger charge is 2.12. The molecule has 32 heavy (non-hydrogen) atoms. The molecule has 1 aromatic carbocycles. The molecular weight excluding hydrogens is 400 g/mol. The molecule has 3 aromatic heterocycles. The van der Waals surface area contributed by atoms with Crippen LogP contribution in [0.1, 0.15) is 42.1 Å². The maximum absolute atomic E-state index is 11.3. The second-order valence-electron chi connectivity index (χ2n) is 7.58. The summed E-state index contributed by atoms with van der Waals surface area (Å²) >= 11 is 0. The van der Waals surface area contributed by atoms with Crippen molar-refractivity contribution in [2.75, 3.05) is 0 Å². The first kappa shape index (κ1) is 20.6. The van der Waals surface area contributed by atoms with Gasteiger partial charge in [-0.05, 0) is 37.6 Å². The van der Waals surface area contributed by atoms with Crippen molar-refractivity contribution in [3.63, 3.8) is 0 Å². The minimum Gasteiger partial charge on any atom is -0.366 e. The Labute approximate surface area is 185 Å². The number of carbonyl (C=O) groups is 1. The summed E-state index contributed by atoms with van der Waals surface area (Å²) in [6.45, 7) is 7.81. The van der Waals surface area contributed by atoms with E-state index in [1.165, 1.54) is 6.20 Å². The molecular formula is C25H20N6O. The van der Waals surface area contributed by atoms with Gasteiger partial charge in [0.2, 0.25) is 5.91 Å². The number of hydrogen-bond donors (Lipinski definition) is 1. The summed E-state index contributed by atoms with van der Waals surface area (Å²) in [5.74, 6) is 5.74. The molecule has 0 unspecified atom stereocenters. The summed E-state index contributed by atoms with van der Waals surface area (Å²) in [6, 6.07) is 11.5. The molecule has 4 rings (SSSR count). The Hall–Kier alpha value is -4.62. The molecule has 0 aliphatic rings. The number of primary amides is 1. The van der Waals surface area contributed by atoms with E-state index >= 15 is 0 Å². The van der Waals surface area contributed by atoms with Gasteiger partial charge in [-0.1, -0.05) is 30.6 Å². The third kappa shape index (κ3) is 3.88. The maximum atomic E-state index is 11.3. The van der Waals surface area contributed by atoms with Crippen molar-refractivity contribution in [3.05, 3.63) is 84.0 Å². The Bertz CT molecular complexity index is 1450. The van der Waals surface area contributed by atoms with E-state index in [9.17, 15) is 10.1 Å². The highest BCUT2D eigenvalue weighted by atomic mass is 16.1. The van der Waals surface area contributed by atoms with Crippen LogP contribution in [0.4, 0.5) is 0 Å². The van der Waals surface area contributed by atoms with Gasteiger partial charge in [-0.25, -0.2) is 4.52 Å². The number of fused-ring (bicyclic) bond motifs is 1. The van der Waals surface area contributed by atoms with Crippen LogP contribution in [-0.2, 0) is 4.79 Å². The molecule has 1 amide bonds. The normalized spacial score (nSPS) is 10.6. The molecule has 156 valence electrons. The SMILES string of the molecule is C=C(C(N)=O)c1ccc(C#Cc2cc(-c3cnn(C(C)C)c3)cn3ncc(C#N)c23)cc1. The molecule has 0 spiro atoms. The van der Waals surface area contributed by atoms with Crippen LogP contribution in [0.25, 0.3) is 22.2 Å². The average Bonchev–Trinajstić information content (AvgIpc) is 3.44. The molecule has 0 fully saturated rings. The van der Waals surface area contributed by atoms with Crippen LogP contribution < -0.4 is 5.73 Å². The molecule has 2 N–H and O–H groups in total. The van der Waals surface area contributed by atoms with Crippen LogP contribution in [0, 0.1) is 23.2 Å². The van der Waals surface area contributed by atoms with Crippen LogP contribution in [0.3, 0.4) is 0 Å². The minimum absolute atomic E-state index is 0.246. The first-order valence-corrected chi connectivity index (χ1v) is 9.94. The summed E-state index contributed by atoms with van der Waals surface area (Å²) < 4.78 is 3.56. The highest BCUT2D eigenvalue weighted by Crippen LogP contribution is 2.25. The maximum Gasteiger partial charge on any atom is 0.248 e. The lowest BCUT2D eigenvalue weighted by Gasteiger charge is -2.05. The average molecular weight is 420 g/mol. The van der Waals surface area contributed by atoms with Gasteiger partial charge in [0.25, 0.3) is 0 Å². The molecule has 0 aliphatic carbocycles. The molecule has 3 heterocycles. The molecule has 7 nitrogen and oxygen atoms in total. The Balaban J connectivity index is 1.78. The van der Waals surface area contributed by atoms with Gasteiger partial charge >= 0.3 is 0 Å². The second-order valence-corrected chi connectivity index (χ2v) is 7.58. The smallest absolute Gasteiger partial charge is 0.248 e. The third-order valence-corrected chi connectivity index (χ3v) is 5.07. The van der Waals surface area contributed by atoms with Crippen molar-refractivity contribution in [3.8, 4) is 29.0 Å². The molecule has 4 aromatic rings. The molecule has 0 aliphatic heterocycles. The predicted octanol–water partition coefficient (Wildman–Crippen LogP) is 3.55. The fourth-order valence-electron chi connectivity index (χ4n) is 3.26. The topological polar surface area (TPSA) is 102 Å². The number of rotatable bonds is 4. The van der Waals surface area contributed by atoms with Gasteiger partial charge in [-0.2, -0.15) is 15.5 Å². The summed E-state index contributed by atoms with van der Waals surface area (Å²) in [7, 11) is 0. The number of aromatic nitrogens is 4. The first-order valence-electron chi connectivity index (χ1n) is 9.94. The van der Waals surface area contributed by atoms with Crippen molar-refractivity contribution >= 4 is 17.0 Å².